The molecule has 0 N–H and O–H groups in total. The fourth-order valence-electron chi connectivity index (χ4n) is 3.77. The van der Waals surface area contributed by atoms with Gasteiger partial charge < -0.3 is 14.1 Å². The highest BCUT2D eigenvalue weighted by atomic mass is 32.2. The number of aromatic nitrogens is 1. The van der Waals surface area contributed by atoms with Crippen molar-refractivity contribution in [2.24, 2.45) is 0 Å². The first-order valence-corrected chi connectivity index (χ1v) is 12.0. The van der Waals surface area contributed by atoms with Crippen LogP contribution >= 0.6 is 0 Å². The molecule has 0 aliphatic carbocycles. The summed E-state index contributed by atoms with van der Waals surface area (Å²) in [6, 6.07) is 10.5. The van der Waals surface area contributed by atoms with Crippen molar-refractivity contribution in [1.82, 2.24) is 8.87 Å². The van der Waals surface area contributed by atoms with Crippen LogP contribution in [0.2, 0.25) is 0 Å². The van der Waals surface area contributed by atoms with Crippen LogP contribution in [0.25, 0.3) is 11.1 Å². The Morgan fingerprint density at radius 3 is 2.55 bits per heavy atom. The van der Waals surface area contributed by atoms with Crippen LogP contribution in [0.1, 0.15) is 13.3 Å². The molecule has 4 rings (SSSR count). The van der Waals surface area contributed by atoms with Crippen molar-refractivity contribution in [3.63, 3.8) is 0 Å². The topological polar surface area (TPSA) is 102 Å². The first-order chi connectivity index (χ1) is 15.8. The minimum Gasteiger partial charge on any atom is -0.464 e. The summed E-state index contributed by atoms with van der Waals surface area (Å²) in [5, 5.41) is 0. The predicted molar refractivity (Wildman–Crippen MR) is 119 cm³/mol. The number of hydrogen-bond acceptors (Lipinski definition) is 7. The van der Waals surface area contributed by atoms with Gasteiger partial charge in [-0.1, -0.05) is 19.1 Å². The lowest BCUT2D eigenvalue weighted by Gasteiger charge is -2.35. The molecule has 1 saturated heterocycles. The maximum Gasteiger partial charge on any atom is 0.420 e. The van der Waals surface area contributed by atoms with E-state index < -0.39 is 21.7 Å². The van der Waals surface area contributed by atoms with E-state index in [1.54, 1.807) is 23.1 Å². The highest BCUT2D eigenvalue weighted by Crippen LogP contribution is 2.25. The second kappa shape index (κ2) is 9.36. The number of anilines is 1. The molecule has 1 aliphatic rings. The Morgan fingerprint density at radius 2 is 1.85 bits per heavy atom. The first kappa shape index (κ1) is 23.0. The SMILES string of the molecule is CCCOC(=O)Cn1c(=O)oc2cc(S(=O)(=O)N3CCN(c4ccccc4F)CC3)ccc21. The lowest BCUT2D eigenvalue weighted by atomic mass is 10.2. The van der Waals surface area contributed by atoms with E-state index in [0.717, 1.165) is 4.57 Å². The van der Waals surface area contributed by atoms with E-state index in [1.807, 2.05) is 6.92 Å². The Bertz CT molecular complexity index is 1330. The molecule has 1 fully saturated rings. The fourth-order valence-corrected chi connectivity index (χ4v) is 5.21. The molecule has 0 bridgehead atoms. The Balaban J connectivity index is 1.52. The number of carbonyl (C=O) groups excluding carboxylic acids is 1. The Morgan fingerprint density at radius 1 is 1.12 bits per heavy atom. The number of halogens is 1. The number of nitrogens with zero attached hydrogens (tertiary/aromatic N) is 3. The standard InChI is InChI=1S/C22H24FN3O6S/c1-2-13-31-21(27)15-26-19-8-7-16(14-20(19)32-22(26)28)33(29,30)25-11-9-24(10-12-25)18-6-4-3-5-17(18)23/h3-8,14H,2,9-13,15H2,1H3. The van der Waals surface area contributed by atoms with Crippen molar-refractivity contribution >= 4 is 32.8 Å². The van der Waals surface area contributed by atoms with Crippen LogP contribution in [0.15, 0.2) is 56.6 Å². The van der Waals surface area contributed by atoms with Crippen LogP contribution in [0.4, 0.5) is 10.1 Å². The minimum absolute atomic E-state index is 0.0243. The summed E-state index contributed by atoms with van der Waals surface area (Å²) >= 11 is 0. The largest absolute Gasteiger partial charge is 0.464 e. The molecule has 0 radical (unpaired) electrons. The highest BCUT2D eigenvalue weighted by molar-refractivity contribution is 7.89. The van der Waals surface area contributed by atoms with Crippen LogP contribution in [-0.2, 0) is 26.1 Å². The molecule has 9 nitrogen and oxygen atoms in total. The molecular weight excluding hydrogens is 453 g/mol. The van der Waals surface area contributed by atoms with Crippen molar-refractivity contribution in [2.75, 3.05) is 37.7 Å². The van der Waals surface area contributed by atoms with Gasteiger partial charge in [-0.15, -0.1) is 0 Å². The zero-order chi connectivity index (χ0) is 23.6. The Kier molecular flexibility index (Phi) is 6.52. The summed E-state index contributed by atoms with van der Waals surface area (Å²) in [6.07, 6.45) is 0.655. The smallest absolute Gasteiger partial charge is 0.420 e. The molecule has 2 aromatic carbocycles. The number of fused-ring (bicyclic) bond motifs is 1. The number of ether oxygens (including phenoxy) is 1. The molecule has 1 aromatic heterocycles. The summed E-state index contributed by atoms with van der Waals surface area (Å²) in [5.74, 6) is -1.70. The van der Waals surface area contributed by atoms with Crippen molar-refractivity contribution < 1.29 is 26.8 Å². The Labute approximate surface area is 190 Å². The van der Waals surface area contributed by atoms with Crippen molar-refractivity contribution in [2.45, 2.75) is 24.8 Å². The normalized spacial score (nSPS) is 15.2. The van der Waals surface area contributed by atoms with Gasteiger partial charge in [-0.05, 0) is 30.7 Å². The fraction of sp³-hybridized carbons (Fsp3) is 0.364. The predicted octanol–water partition coefficient (Wildman–Crippen LogP) is 2.20. The number of benzene rings is 2. The third kappa shape index (κ3) is 4.64. The molecule has 33 heavy (non-hydrogen) atoms. The van der Waals surface area contributed by atoms with Crippen LogP contribution in [0, 0.1) is 5.82 Å². The van der Waals surface area contributed by atoms with Gasteiger partial charge in [0.2, 0.25) is 10.0 Å². The van der Waals surface area contributed by atoms with Crippen LogP contribution < -0.4 is 10.7 Å². The molecule has 1 aliphatic heterocycles. The van der Waals surface area contributed by atoms with Crippen molar-refractivity contribution in [1.29, 1.82) is 0 Å². The number of sulfonamides is 1. The molecule has 0 unspecified atom stereocenters. The van der Waals surface area contributed by atoms with Crippen molar-refractivity contribution in [3.05, 3.63) is 58.8 Å². The zero-order valence-corrected chi connectivity index (χ0v) is 18.9. The third-order valence-electron chi connectivity index (χ3n) is 5.46. The number of hydrogen-bond donors (Lipinski definition) is 0. The van der Waals surface area contributed by atoms with Gasteiger partial charge in [0.1, 0.15) is 12.4 Å². The summed E-state index contributed by atoms with van der Waals surface area (Å²) in [6.45, 7) is 2.83. The van der Waals surface area contributed by atoms with Gasteiger partial charge in [-0.25, -0.2) is 17.6 Å². The maximum absolute atomic E-state index is 14.1. The van der Waals surface area contributed by atoms with Gasteiger partial charge in [0.15, 0.2) is 5.58 Å². The Hall–Kier alpha value is -3.18. The molecule has 11 heteroatoms. The number of oxazole rings is 1. The van der Waals surface area contributed by atoms with E-state index in [2.05, 4.69) is 0 Å². The van der Waals surface area contributed by atoms with Gasteiger partial charge in [0.05, 0.1) is 22.7 Å². The molecule has 0 atom stereocenters. The average molecular weight is 478 g/mol. The average Bonchev–Trinajstić information content (AvgIpc) is 3.12. The zero-order valence-electron chi connectivity index (χ0n) is 18.1. The van der Waals surface area contributed by atoms with Crippen LogP contribution in [-0.4, -0.2) is 56.0 Å². The molecular formula is C22H24FN3O6S. The second-order valence-corrected chi connectivity index (χ2v) is 9.58. The van der Waals surface area contributed by atoms with Crippen LogP contribution in [0.5, 0.6) is 0 Å². The monoisotopic (exact) mass is 477 g/mol. The van der Waals surface area contributed by atoms with E-state index in [1.165, 1.54) is 28.6 Å². The van der Waals surface area contributed by atoms with E-state index in [4.69, 9.17) is 9.15 Å². The van der Waals surface area contributed by atoms with Gasteiger partial charge in [-0.3, -0.25) is 9.36 Å². The number of piperazine rings is 1. The van der Waals surface area contributed by atoms with Gasteiger partial charge in [-0.2, -0.15) is 4.31 Å². The summed E-state index contributed by atoms with van der Waals surface area (Å²) < 4.78 is 53.0. The van der Waals surface area contributed by atoms with E-state index in [-0.39, 0.29) is 42.5 Å². The lowest BCUT2D eigenvalue weighted by Crippen LogP contribution is -2.48. The molecule has 2 heterocycles. The van der Waals surface area contributed by atoms with Crippen LogP contribution in [0.3, 0.4) is 0 Å². The lowest BCUT2D eigenvalue weighted by molar-refractivity contribution is -0.144. The van der Waals surface area contributed by atoms with E-state index in [0.29, 0.717) is 30.7 Å². The van der Waals surface area contributed by atoms with Crippen molar-refractivity contribution in [3.8, 4) is 0 Å². The number of carbonyl (C=O) groups is 1. The summed E-state index contributed by atoms with van der Waals surface area (Å²) in [4.78, 5) is 25.9. The van der Waals surface area contributed by atoms with Gasteiger partial charge >= 0.3 is 11.7 Å². The second-order valence-electron chi connectivity index (χ2n) is 7.65. The van der Waals surface area contributed by atoms with Gasteiger partial charge in [0.25, 0.3) is 0 Å². The summed E-state index contributed by atoms with van der Waals surface area (Å²) in [5.41, 5.74) is 0.808. The molecule has 0 amide bonds. The number of esters is 1. The molecule has 0 saturated carbocycles. The molecule has 3 aromatic rings. The quantitative estimate of drug-likeness (QED) is 0.481. The van der Waals surface area contributed by atoms with E-state index >= 15 is 0 Å². The number of rotatable bonds is 7. The maximum atomic E-state index is 14.1. The minimum atomic E-state index is -3.86. The highest BCUT2D eigenvalue weighted by Gasteiger charge is 2.30. The third-order valence-corrected chi connectivity index (χ3v) is 7.36. The van der Waals surface area contributed by atoms with E-state index in [9.17, 15) is 22.4 Å². The first-order valence-electron chi connectivity index (χ1n) is 10.6. The summed E-state index contributed by atoms with van der Waals surface area (Å²) in [7, 11) is -3.86. The van der Waals surface area contributed by atoms with Gasteiger partial charge in [0, 0.05) is 32.2 Å². The molecule has 0 spiro atoms. The number of para-hydroxylation sites is 1. The molecule has 176 valence electrons.